The summed E-state index contributed by atoms with van der Waals surface area (Å²) in [7, 11) is 1.82. The molecule has 7 heteroatoms. The second-order valence-electron chi connectivity index (χ2n) is 10.3. The molecule has 0 amide bonds. The summed E-state index contributed by atoms with van der Waals surface area (Å²) in [5.74, 6) is -0.0642. The van der Waals surface area contributed by atoms with E-state index in [1.807, 2.05) is 45.3 Å². The van der Waals surface area contributed by atoms with Crippen molar-refractivity contribution in [3.05, 3.63) is 63.6 Å². The standard InChI is InChI=1S/C27H32ClN3O3/c1-26(2,17-29)22-9-8-18(13-23(22)28)10-11-27(20-6-4-5-7-20)14-24(32)21(25(33)34-27)12-19-15-30-31(3)16-19/h8-9,13,15-16,20,32H,4-7,10-12,14H2,1-3H3. The van der Waals surface area contributed by atoms with Gasteiger partial charge < -0.3 is 9.84 Å². The lowest BCUT2D eigenvalue weighted by atomic mass is 9.76. The molecule has 2 heterocycles. The topological polar surface area (TPSA) is 88.1 Å². The quantitative estimate of drug-likeness (QED) is 0.509. The van der Waals surface area contributed by atoms with Gasteiger partial charge in [0.2, 0.25) is 0 Å². The van der Waals surface area contributed by atoms with Crippen LogP contribution in [0, 0.1) is 17.2 Å². The third kappa shape index (κ3) is 4.86. The first-order valence-corrected chi connectivity index (χ1v) is 12.3. The molecule has 1 N–H and O–H groups in total. The summed E-state index contributed by atoms with van der Waals surface area (Å²) >= 11 is 6.53. The van der Waals surface area contributed by atoms with Crippen LogP contribution in [0.15, 0.2) is 41.9 Å². The van der Waals surface area contributed by atoms with Gasteiger partial charge in [-0.2, -0.15) is 10.4 Å². The van der Waals surface area contributed by atoms with E-state index in [1.165, 1.54) is 0 Å². The molecule has 1 aromatic heterocycles. The summed E-state index contributed by atoms with van der Waals surface area (Å²) in [6.45, 7) is 3.70. The highest BCUT2D eigenvalue weighted by atomic mass is 35.5. The monoisotopic (exact) mass is 481 g/mol. The minimum Gasteiger partial charge on any atom is -0.512 e. The van der Waals surface area contributed by atoms with Crippen molar-refractivity contribution in [2.75, 3.05) is 0 Å². The summed E-state index contributed by atoms with van der Waals surface area (Å²) in [4.78, 5) is 13.1. The van der Waals surface area contributed by atoms with Crippen molar-refractivity contribution >= 4 is 17.6 Å². The van der Waals surface area contributed by atoms with Crippen molar-refractivity contribution in [1.29, 1.82) is 5.26 Å². The molecule has 0 bridgehead atoms. The highest BCUT2D eigenvalue weighted by Gasteiger charge is 2.48. The van der Waals surface area contributed by atoms with Crippen LogP contribution in [0.4, 0.5) is 0 Å². The van der Waals surface area contributed by atoms with Gasteiger partial charge in [0.25, 0.3) is 0 Å². The number of halogens is 1. The number of aromatic nitrogens is 2. The lowest BCUT2D eigenvalue weighted by Crippen LogP contribution is -2.46. The Labute approximate surface area is 206 Å². The Hall–Kier alpha value is -2.78. The van der Waals surface area contributed by atoms with Gasteiger partial charge in [-0.3, -0.25) is 4.68 Å². The predicted molar refractivity (Wildman–Crippen MR) is 130 cm³/mol. The van der Waals surface area contributed by atoms with Crippen LogP contribution in [0.5, 0.6) is 0 Å². The average molecular weight is 482 g/mol. The lowest BCUT2D eigenvalue weighted by molar-refractivity contribution is -0.167. The molecule has 34 heavy (non-hydrogen) atoms. The van der Waals surface area contributed by atoms with Crippen molar-refractivity contribution in [3.8, 4) is 6.07 Å². The van der Waals surface area contributed by atoms with Crippen LogP contribution in [0.25, 0.3) is 0 Å². The van der Waals surface area contributed by atoms with Gasteiger partial charge in [0, 0.05) is 31.1 Å². The molecule has 1 fully saturated rings. The zero-order valence-electron chi connectivity index (χ0n) is 20.1. The van der Waals surface area contributed by atoms with Gasteiger partial charge >= 0.3 is 5.97 Å². The maximum Gasteiger partial charge on any atom is 0.338 e. The number of carbonyl (C=O) groups is 1. The van der Waals surface area contributed by atoms with Crippen molar-refractivity contribution in [2.45, 2.75) is 76.2 Å². The Morgan fingerprint density at radius 3 is 2.65 bits per heavy atom. The number of nitriles is 1. The van der Waals surface area contributed by atoms with Gasteiger partial charge in [0.05, 0.1) is 23.3 Å². The normalized spacial score (nSPS) is 21.6. The highest BCUT2D eigenvalue weighted by Crippen LogP contribution is 2.46. The second kappa shape index (κ2) is 9.46. The number of esters is 1. The van der Waals surface area contributed by atoms with Crippen LogP contribution in [-0.4, -0.2) is 26.5 Å². The Kier molecular flexibility index (Phi) is 6.78. The fourth-order valence-electron chi connectivity index (χ4n) is 5.39. The molecule has 1 aromatic carbocycles. The molecule has 1 unspecified atom stereocenters. The van der Waals surface area contributed by atoms with Crippen molar-refractivity contribution in [1.82, 2.24) is 9.78 Å². The van der Waals surface area contributed by atoms with E-state index in [1.54, 1.807) is 10.9 Å². The van der Waals surface area contributed by atoms with E-state index in [-0.39, 0.29) is 11.7 Å². The molecule has 1 atom stereocenters. The Morgan fingerprint density at radius 2 is 2.06 bits per heavy atom. The summed E-state index contributed by atoms with van der Waals surface area (Å²) < 4.78 is 7.89. The number of carbonyl (C=O) groups excluding carboxylic acids is 1. The number of aliphatic hydroxyl groups excluding tert-OH is 1. The Balaban J connectivity index is 1.56. The van der Waals surface area contributed by atoms with Gasteiger partial charge in [0.1, 0.15) is 11.4 Å². The third-order valence-corrected chi connectivity index (χ3v) is 7.73. The van der Waals surface area contributed by atoms with Gasteiger partial charge in [-0.05, 0) is 68.2 Å². The number of rotatable bonds is 7. The van der Waals surface area contributed by atoms with E-state index >= 15 is 0 Å². The fraction of sp³-hybridized carbons (Fsp3) is 0.519. The van der Waals surface area contributed by atoms with Crippen LogP contribution in [0.1, 0.15) is 69.1 Å². The molecule has 180 valence electrons. The minimum absolute atomic E-state index is 0.135. The van der Waals surface area contributed by atoms with E-state index in [9.17, 15) is 15.2 Å². The second-order valence-corrected chi connectivity index (χ2v) is 10.7. The smallest absolute Gasteiger partial charge is 0.338 e. The zero-order chi connectivity index (χ0) is 24.5. The summed E-state index contributed by atoms with van der Waals surface area (Å²) in [5.41, 5.74) is 1.64. The largest absolute Gasteiger partial charge is 0.512 e. The molecule has 1 aliphatic carbocycles. The van der Waals surface area contributed by atoms with Gasteiger partial charge in [-0.25, -0.2) is 4.79 Å². The summed E-state index contributed by atoms with van der Waals surface area (Å²) in [6.07, 6.45) is 9.69. The number of nitrogens with zero attached hydrogens (tertiary/aromatic N) is 3. The van der Waals surface area contributed by atoms with Crippen LogP contribution in [-0.2, 0) is 34.8 Å². The number of cyclic esters (lactones) is 1. The zero-order valence-corrected chi connectivity index (χ0v) is 20.9. The van der Waals surface area contributed by atoms with Crippen LogP contribution < -0.4 is 0 Å². The summed E-state index contributed by atoms with van der Waals surface area (Å²) in [5, 5.41) is 25.2. The number of ether oxygens (including phenoxy) is 1. The number of hydrogen-bond acceptors (Lipinski definition) is 5. The van der Waals surface area contributed by atoms with Crippen LogP contribution >= 0.6 is 11.6 Å². The number of hydrogen-bond donors (Lipinski definition) is 1. The van der Waals surface area contributed by atoms with E-state index < -0.39 is 17.0 Å². The maximum absolute atomic E-state index is 13.1. The van der Waals surface area contributed by atoms with E-state index in [2.05, 4.69) is 11.2 Å². The number of aliphatic hydroxyl groups is 1. The van der Waals surface area contributed by atoms with E-state index in [4.69, 9.17) is 16.3 Å². The van der Waals surface area contributed by atoms with E-state index in [0.29, 0.717) is 36.3 Å². The van der Waals surface area contributed by atoms with E-state index in [0.717, 1.165) is 42.4 Å². The number of benzene rings is 1. The Morgan fingerprint density at radius 1 is 1.32 bits per heavy atom. The minimum atomic E-state index is -0.715. The lowest BCUT2D eigenvalue weighted by Gasteiger charge is -2.42. The highest BCUT2D eigenvalue weighted by molar-refractivity contribution is 6.31. The molecule has 1 aliphatic heterocycles. The van der Waals surface area contributed by atoms with Crippen molar-refractivity contribution < 1.29 is 14.6 Å². The van der Waals surface area contributed by atoms with Crippen molar-refractivity contribution in [2.24, 2.45) is 13.0 Å². The fourth-order valence-corrected chi connectivity index (χ4v) is 5.83. The van der Waals surface area contributed by atoms with Gasteiger partial charge in [-0.1, -0.05) is 36.6 Å². The first-order valence-electron chi connectivity index (χ1n) is 12.0. The predicted octanol–water partition coefficient (Wildman–Crippen LogP) is 5.74. The molecule has 6 nitrogen and oxygen atoms in total. The van der Waals surface area contributed by atoms with Gasteiger partial charge in [-0.15, -0.1) is 0 Å². The average Bonchev–Trinajstić information content (AvgIpc) is 3.47. The molecular formula is C27H32ClN3O3. The molecule has 0 radical (unpaired) electrons. The molecule has 2 aliphatic rings. The SMILES string of the molecule is Cn1cc(CC2=C(O)CC(CCc3ccc(C(C)(C)C#N)c(Cl)c3)(C3CCCC3)OC2=O)cn1. The van der Waals surface area contributed by atoms with Crippen LogP contribution in [0.3, 0.4) is 0 Å². The molecule has 2 aromatic rings. The third-order valence-electron chi connectivity index (χ3n) is 7.42. The Bertz CT molecular complexity index is 1150. The van der Waals surface area contributed by atoms with Crippen LogP contribution in [0.2, 0.25) is 5.02 Å². The summed E-state index contributed by atoms with van der Waals surface area (Å²) in [6, 6.07) is 8.12. The number of aryl methyl sites for hydroxylation is 2. The molecule has 0 spiro atoms. The molecule has 1 saturated carbocycles. The maximum atomic E-state index is 13.1. The first-order chi connectivity index (χ1) is 16.1. The van der Waals surface area contributed by atoms with Crippen molar-refractivity contribution in [3.63, 3.8) is 0 Å². The van der Waals surface area contributed by atoms with Gasteiger partial charge in [0.15, 0.2) is 0 Å². The first kappa shape index (κ1) is 24.3. The molecule has 0 saturated heterocycles. The molecule has 4 rings (SSSR count). The molecular weight excluding hydrogens is 450 g/mol.